The van der Waals surface area contributed by atoms with E-state index in [1.54, 1.807) is 37.3 Å². The summed E-state index contributed by atoms with van der Waals surface area (Å²) in [6.07, 6.45) is 2.33. The van der Waals surface area contributed by atoms with Crippen LogP contribution in [0, 0.1) is 0 Å². The Morgan fingerprint density at radius 2 is 1.48 bits per heavy atom. The maximum atomic E-state index is 12.0. The average Bonchev–Trinajstić information content (AvgIpc) is 2.72. The molecule has 3 N–H and O–H groups in total. The summed E-state index contributed by atoms with van der Waals surface area (Å²) >= 11 is 0. The lowest BCUT2D eigenvalue weighted by molar-refractivity contribution is -0.128. The summed E-state index contributed by atoms with van der Waals surface area (Å²) in [5, 5.41) is 8.33. The molecule has 0 unspecified atom stereocenters. The highest BCUT2D eigenvalue weighted by molar-refractivity contribution is 6.74. The third-order valence-corrected chi connectivity index (χ3v) is 9.28. The molecule has 0 saturated heterocycles. The number of hydrogen-bond acceptors (Lipinski definition) is 6. The molecule has 2 heterocycles. The lowest BCUT2D eigenvalue weighted by Gasteiger charge is -2.37. The van der Waals surface area contributed by atoms with Gasteiger partial charge in [0.25, 0.3) is 11.8 Å². The predicted octanol–water partition coefficient (Wildman–Crippen LogP) is 3.03. The van der Waals surface area contributed by atoms with Gasteiger partial charge in [0.2, 0.25) is 0 Å². The summed E-state index contributed by atoms with van der Waals surface area (Å²) < 4.78 is 5.96. The zero-order valence-corrected chi connectivity index (χ0v) is 19.7. The third kappa shape index (κ3) is 8.65. The van der Waals surface area contributed by atoms with Crippen LogP contribution in [-0.4, -0.2) is 47.3 Å². The zero-order valence-electron chi connectivity index (χ0n) is 18.7. The Kier molecular flexibility index (Phi) is 9.47. The van der Waals surface area contributed by atoms with E-state index in [2.05, 4.69) is 54.7 Å². The van der Waals surface area contributed by atoms with Gasteiger partial charge in [0.15, 0.2) is 8.32 Å². The van der Waals surface area contributed by atoms with Crippen LogP contribution in [0.15, 0.2) is 48.8 Å². The molecule has 31 heavy (non-hydrogen) atoms. The Labute approximate surface area is 183 Å². The quantitative estimate of drug-likeness (QED) is 0.475. The second-order valence-corrected chi connectivity index (χ2v) is 13.0. The molecular weight excluding hydrogens is 416 g/mol. The first-order chi connectivity index (χ1) is 14.3. The summed E-state index contributed by atoms with van der Waals surface area (Å²) in [5.74, 6) is -1.84. The van der Waals surface area contributed by atoms with Crippen molar-refractivity contribution >= 4 is 26.1 Å². The van der Waals surface area contributed by atoms with E-state index in [-0.39, 0.29) is 22.3 Å². The summed E-state index contributed by atoms with van der Waals surface area (Å²) in [7, 11) is -2.04. The minimum atomic E-state index is -2.04. The maximum absolute atomic E-state index is 12.0. The number of pyridine rings is 2. The van der Waals surface area contributed by atoms with Crippen molar-refractivity contribution < 1.29 is 23.9 Å². The number of nitrogens with zero attached hydrogens (tertiary/aromatic N) is 2. The third-order valence-electron chi connectivity index (χ3n) is 4.73. The molecule has 0 aliphatic heterocycles. The Bertz CT molecular complexity index is 870. The first-order valence-electron chi connectivity index (χ1n) is 9.68. The van der Waals surface area contributed by atoms with Crippen molar-refractivity contribution in [2.75, 3.05) is 0 Å². The molecule has 9 nitrogen and oxygen atoms in total. The summed E-state index contributed by atoms with van der Waals surface area (Å²) in [5.41, 5.74) is 5.03. The molecule has 0 saturated carbocycles. The molecule has 0 fully saturated rings. The zero-order chi connectivity index (χ0) is 23.7. The lowest BCUT2D eigenvalue weighted by atomic mass is 10.2. The second-order valence-electron chi connectivity index (χ2n) is 8.20. The monoisotopic (exact) mass is 446 g/mol. The summed E-state index contributed by atoms with van der Waals surface area (Å²) in [6, 6.07) is 9.74. The number of amides is 2. The predicted molar refractivity (Wildman–Crippen MR) is 119 cm³/mol. The van der Waals surface area contributed by atoms with Crippen molar-refractivity contribution in [1.82, 2.24) is 20.8 Å². The SMILES string of the molecule is C[C@@H](O[Si](C)(C)C(C)(C)C)C(=O)NNC(=O)c1ccccn1.O=C(O)c1ccccn1. The molecule has 0 aromatic carbocycles. The molecule has 0 radical (unpaired) electrons. The molecule has 0 bridgehead atoms. The number of nitrogens with one attached hydrogen (secondary N) is 2. The van der Waals surface area contributed by atoms with Crippen LogP contribution in [0.2, 0.25) is 18.1 Å². The molecule has 0 aliphatic rings. The van der Waals surface area contributed by atoms with E-state index in [1.807, 2.05) is 0 Å². The van der Waals surface area contributed by atoms with Gasteiger partial charge >= 0.3 is 5.97 Å². The van der Waals surface area contributed by atoms with Gasteiger partial charge in [-0.05, 0) is 49.3 Å². The lowest BCUT2D eigenvalue weighted by Crippen LogP contribution is -2.51. The first kappa shape index (κ1) is 25.9. The summed E-state index contributed by atoms with van der Waals surface area (Å²) in [6.45, 7) is 12.1. The molecule has 0 spiro atoms. The van der Waals surface area contributed by atoms with Gasteiger partial charge in [-0.1, -0.05) is 32.9 Å². The van der Waals surface area contributed by atoms with Gasteiger partial charge in [0.05, 0.1) is 0 Å². The van der Waals surface area contributed by atoms with E-state index in [9.17, 15) is 14.4 Å². The van der Waals surface area contributed by atoms with Crippen LogP contribution in [-0.2, 0) is 9.22 Å². The molecule has 2 rings (SSSR count). The fraction of sp³-hybridized carbons (Fsp3) is 0.381. The van der Waals surface area contributed by atoms with Crippen LogP contribution in [0.1, 0.15) is 48.7 Å². The van der Waals surface area contributed by atoms with Gasteiger partial charge < -0.3 is 9.53 Å². The van der Waals surface area contributed by atoms with Gasteiger partial charge in [-0.15, -0.1) is 0 Å². The molecule has 2 amide bonds. The second kappa shape index (κ2) is 11.3. The number of aromatic carboxylic acids is 1. The van der Waals surface area contributed by atoms with Crippen LogP contribution in [0.3, 0.4) is 0 Å². The van der Waals surface area contributed by atoms with Gasteiger partial charge in [0, 0.05) is 12.4 Å². The Morgan fingerprint density at radius 3 is 1.87 bits per heavy atom. The summed E-state index contributed by atoms with van der Waals surface area (Å²) in [4.78, 5) is 41.5. The molecular formula is C21H30N4O5Si. The van der Waals surface area contributed by atoms with Gasteiger partial charge in [-0.3, -0.25) is 25.4 Å². The minimum absolute atomic E-state index is 0.0126. The number of hydrogen-bond donors (Lipinski definition) is 3. The van der Waals surface area contributed by atoms with Crippen molar-refractivity contribution in [3.05, 3.63) is 60.2 Å². The fourth-order valence-corrected chi connectivity index (χ4v) is 3.29. The maximum Gasteiger partial charge on any atom is 0.354 e. The number of hydrazine groups is 1. The molecule has 2 aromatic rings. The van der Waals surface area contributed by atoms with Crippen molar-refractivity contribution in [1.29, 1.82) is 0 Å². The standard InChI is InChI=1S/C15H25N3O3Si.C6H5NO2/c1-11(21-22(5,6)15(2,3)4)13(19)17-18-14(20)12-9-7-8-10-16-12;8-6(9)5-3-1-2-4-7-5/h7-11H,1-6H3,(H,17,19)(H,18,20);1-4H,(H,8,9)/t11-;/m1./s1. The van der Waals surface area contributed by atoms with Gasteiger partial charge in [0.1, 0.15) is 17.5 Å². The van der Waals surface area contributed by atoms with Crippen LogP contribution >= 0.6 is 0 Å². The van der Waals surface area contributed by atoms with Gasteiger partial charge in [-0.2, -0.15) is 0 Å². The van der Waals surface area contributed by atoms with Crippen molar-refractivity contribution in [3.8, 4) is 0 Å². The number of carboxylic acids is 1. The normalized spacial score (nSPS) is 12.1. The number of aromatic nitrogens is 2. The number of carbonyl (C=O) groups is 3. The number of carboxylic acid groups (broad SMARTS) is 1. The van der Waals surface area contributed by atoms with Crippen molar-refractivity contribution in [2.45, 2.75) is 51.9 Å². The van der Waals surface area contributed by atoms with Crippen LogP contribution in [0.4, 0.5) is 0 Å². The van der Waals surface area contributed by atoms with E-state index >= 15 is 0 Å². The van der Waals surface area contributed by atoms with Crippen LogP contribution in [0.5, 0.6) is 0 Å². The molecule has 168 valence electrons. The molecule has 2 aromatic heterocycles. The largest absolute Gasteiger partial charge is 0.477 e. The smallest absolute Gasteiger partial charge is 0.354 e. The highest BCUT2D eigenvalue weighted by atomic mass is 28.4. The van der Waals surface area contributed by atoms with Crippen molar-refractivity contribution in [2.24, 2.45) is 0 Å². The fourth-order valence-electron chi connectivity index (χ4n) is 1.94. The Morgan fingerprint density at radius 1 is 0.968 bits per heavy atom. The number of rotatable bonds is 5. The minimum Gasteiger partial charge on any atom is -0.477 e. The van der Waals surface area contributed by atoms with E-state index in [1.165, 1.54) is 18.5 Å². The van der Waals surface area contributed by atoms with Crippen LogP contribution < -0.4 is 10.9 Å². The van der Waals surface area contributed by atoms with E-state index < -0.39 is 26.3 Å². The highest BCUT2D eigenvalue weighted by Gasteiger charge is 2.39. The van der Waals surface area contributed by atoms with E-state index in [0.29, 0.717) is 0 Å². The topological polar surface area (TPSA) is 131 Å². The highest BCUT2D eigenvalue weighted by Crippen LogP contribution is 2.37. The Hall–Kier alpha value is -3.11. The van der Waals surface area contributed by atoms with Gasteiger partial charge in [-0.25, -0.2) is 9.78 Å². The van der Waals surface area contributed by atoms with Crippen LogP contribution in [0.25, 0.3) is 0 Å². The van der Waals surface area contributed by atoms with E-state index in [0.717, 1.165) is 0 Å². The van der Waals surface area contributed by atoms with E-state index in [4.69, 9.17) is 9.53 Å². The molecule has 1 atom stereocenters. The first-order valence-corrected chi connectivity index (χ1v) is 12.6. The number of carbonyl (C=O) groups excluding carboxylic acids is 2. The Balaban J connectivity index is 0.000000442. The average molecular weight is 447 g/mol. The molecule has 10 heteroatoms. The molecule has 0 aliphatic carbocycles. The van der Waals surface area contributed by atoms with Crippen molar-refractivity contribution in [3.63, 3.8) is 0 Å².